The summed E-state index contributed by atoms with van der Waals surface area (Å²) in [6.45, 7) is 0. The Bertz CT molecular complexity index is 227. The Morgan fingerprint density at radius 1 is 1.50 bits per heavy atom. The number of hydrogen-bond acceptors (Lipinski definition) is 2. The van der Waals surface area contributed by atoms with Gasteiger partial charge in [-0.3, -0.25) is 4.79 Å². The maximum absolute atomic E-state index is 12.9. The smallest absolute Gasteiger partial charge is 0.309 e. The lowest BCUT2D eigenvalue weighted by atomic mass is 9.78. The molecule has 0 aromatic rings. The van der Waals surface area contributed by atoms with Crippen molar-refractivity contribution < 1.29 is 18.3 Å². The second-order valence-corrected chi connectivity index (χ2v) is 3.58. The van der Waals surface area contributed by atoms with Crippen molar-refractivity contribution in [2.75, 3.05) is 7.11 Å². The fourth-order valence-electron chi connectivity index (χ4n) is 2.33. The first-order valence-corrected chi connectivity index (χ1v) is 4.03. The molecule has 0 N–H and O–H groups in total. The molecule has 2 nitrogen and oxygen atoms in total. The van der Waals surface area contributed by atoms with Gasteiger partial charge < -0.3 is 4.74 Å². The van der Waals surface area contributed by atoms with E-state index in [1.807, 2.05) is 0 Å². The van der Waals surface area contributed by atoms with Crippen LogP contribution in [0.2, 0.25) is 0 Å². The van der Waals surface area contributed by atoms with Gasteiger partial charge in [0.1, 0.15) is 0 Å². The number of alkyl halides is 2. The average molecular weight is 176 g/mol. The van der Waals surface area contributed by atoms with E-state index in [2.05, 4.69) is 4.74 Å². The Kier molecular flexibility index (Phi) is 1.44. The maximum atomic E-state index is 12.9. The molecule has 12 heavy (non-hydrogen) atoms. The lowest BCUT2D eigenvalue weighted by Crippen LogP contribution is -2.43. The van der Waals surface area contributed by atoms with Gasteiger partial charge >= 0.3 is 5.97 Å². The number of carbonyl (C=O) groups excluding carboxylic acids is 1. The fraction of sp³-hybridized carbons (Fsp3) is 0.875. The Morgan fingerprint density at radius 2 is 2.17 bits per heavy atom. The predicted octanol–water partition coefficient (Wildman–Crippen LogP) is 1.45. The number of rotatable bonds is 1. The zero-order valence-corrected chi connectivity index (χ0v) is 6.72. The van der Waals surface area contributed by atoms with Crippen LogP contribution in [0.3, 0.4) is 0 Å². The number of ether oxygens (including phenoxy) is 1. The van der Waals surface area contributed by atoms with Crippen LogP contribution in [0.5, 0.6) is 0 Å². The van der Waals surface area contributed by atoms with Crippen LogP contribution in [0.15, 0.2) is 0 Å². The van der Waals surface area contributed by atoms with Crippen LogP contribution in [-0.2, 0) is 9.53 Å². The molecule has 68 valence electrons. The van der Waals surface area contributed by atoms with Gasteiger partial charge in [0.05, 0.1) is 13.0 Å². The third-order valence-corrected chi connectivity index (χ3v) is 3.11. The molecule has 3 fully saturated rings. The second-order valence-electron chi connectivity index (χ2n) is 3.58. The van der Waals surface area contributed by atoms with Crippen LogP contribution in [0.4, 0.5) is 8.78 Å². The number of halogens is 2. The van der Waals surface area contributed by atoms with E-state index in [1.54, 1.807) is 0 Å². The minimum atomic E-state index is -2.60. The Labute approximate surface area is 68.9 Å². The molecule has 0 amide bonds. The molecule has 3 rings (SSSR count). The van der Waals surface area contributed by atoms with Crippen LogP contribution >= 0.6 is 0 Å². The lowest BCUT2D eigenvalue weighted by Gasteiger charge is -2.35. The molecule has 3 aliphatic carbocycles. The van der Waals surface area contributed by atoms with E-state index in [4.69, 9.17) is 0 Å². The van der Waals surface area contributed by atoms with Crippen LogP contribution in [0.25, 0.3) is 0 Å². The first-order chi connectivity index (χ1) is 5.57. The van der Waals surface area contributed by atoms with Gasteiger partial charge in [-0.2, -0.15) is 0 Å². The van der Waals surface area contributed by atoms with E-state index in [0.29, 0.717) is 12.8 Å². The van der Waals surface area contributed by atoms with Crippen LogP contribution < -0.4 is 0 Å². The molecule has 0 spiro atoms. The van der Waals surface area contributed by atoms with Gasteiger partial charge in [0.15, 0.2) is 0 Å². The molecule has 0 aromatic carbocycles. The summed E-state index contributed by atoms with van der Waals surface area (Å²) < 4.78 is 30.3. The van der Waals surface area contributed by atoms with Gasteiger partial charge in [0, 0.05) is 11.8 Å². The van der Waals surface area contributed by atoms with Crippen molar-refractivity contribution in [3.63, 3.8) is 0 Å². The molecular formula is C8H10F2O2. The molecule has 0 aromatic heterocycles. The SMILES string of the molecule is COC(=O)C1CC2CC1C2(F)F. The molecule has 0 heterocycles. The van der Waals surface area contributed by atoms with Gasteiger partial charge in [-0.25, -0.2) is 8.78 Å². The quantitative estimate of drug-likeness (QED) is 0.565. The average Bonchev–Trinajstić information content (AvgIpc) is 2.58. The van der Waals surface area contributed by atoms with E-state index in [1.165, 1.54) is 7.11 Å². The molecule has 3 saturated carbocycles. The maximum Gasteiger partial charge on any atom is 0.309 e. The zero-order chi connectivity index (χ0) is 8.93. The van der Waals surface area contributed by atoms with Gasteiger partial charge in [-0.05, 0) is 12.8 Å². The summed E-state index contributed by atoms with van der Waals surface area (Å²) in [7, 11) is 1.25. The molecule has 0 radical (unpaired) electrons. The molecule has 3 unspecified atom stereocenters. The molecular weight excluding hydrogens is 166 g/mol. The third-order valence-electron chi connectivity index (χ3n) is 3.11. The van der Waals surface area contributed by atoms with Crippen molar-refractivity contribution >= 4 is 5.97 Å². The van der Waals surface area contributed by atoms with Gasteiger partial charge in [-0.1, -0.05) is 0 Å². The highest BCUT2D eigenvalue weighted by Gasteiger charge is 2.68. The lowest BCUT2D eigenvalue weighted by molar-refractivity contribution is -0.167. The topological polar surface area (TPSA) is 26.3 Å². The summed E-state index contributed by atoms with van der Waals surface area (Å²) >= 11 is 0. The second kappa shape index (κ2) is 2.18. The molecule has 4 heteroatoms. The molecule has 3 aliphatic rings. The van der Waals surface area contributed by atoms with Gasteiger partial charge in [0.25, 0.3) is 5.92 Å². The van der Waals surface area contributed by atoms with E-state index in [9.17, 15) is 13.6 Å². The van der Waals surface area contributed by atoms with E-state index >= 15 is 0 Å². The van der Waals surface area contributed by atoms with Gasteiger partial charge in [-0.15, -0.1) is 0 Å². The Morgan fingerprint density at radius 3 is 2.50 bits per heavy atom. The molecule has 0 aliphatic heterocycles. The zero-order valence-electron chi connectivity index (χ0n) is 6.72. The highest BCUT2D eigenvalue weighted by Crippen LogP contribution is 2.62. The summed E-state index contributed by atoms with van der Waals surface area (Å²) in [6, 6.07) is 0. The Hall–Kier alpha value is -0.670. The number of fused-ring (bicyclic) bond motifs is 1. The highest BCUT2D eigenvalue weighted by molar-refractivity contribution is 5.74. The number of hydrogen-bond donors (Lipinski definition) is 0. The summed E-state index contributed by atoms with van der Waals surface area (Å²) in [6.07, 6.45) is 0.803. The van der Waals surface area contributed by atoms with Crippen LogP contribution in [-0.4, -0.2) is 19.0 Å². The van der Waals surface area contributed by atoms with E-state index in [0.717, 1.165) is 0 Å². The van der Waals surface area contributed by atoms with Crippen molar-refractivity contribution in [1.82, 2.24) is 0 Å². The molecule has 0 saturated heterocycles. The first-order valence-electron chi connectivity index (χ1n) is 4.03. The summed E-state index contributed by atoms with van der Waals surface area (Å²) in [5, 5.41) is 0. The van der Waals surface area contributed by atoms with E-state index in [-0.39, 0.29) is 0 Å². The van der Waals surface area contributed by atoms with Crippen molar-refractivity contribution in [3.8, 4) is 0 Å². The van der Waals surface area contributed by atoms with Crippen molar-refractivity contribution in [2.24, 2.45) is 17.8 Å². The van der Waals surface area contributed by atoms with Crippen molar-refractivity contribution in [1.29, 1.82) is 0 Å². The highest BCUT2D eigenvalue weighted by atomic mass is 19.3. The minimum Gasteiger partial charge on any atom is -0.469 e. The summed E-state index contributed by atoms with van der Waals surface area (Å²) in [5.41, 5.74) is 0. The molecule has 2 bridgehead atoms. The minimum absolute atomic E-state index is 0.310. The third kappa shape index (κ3) is 0.753. The fourth-order valence-corrected chi connectivity index (χ4v) is 2.33. The van der Waals surface area contributed by atoms with Crippen molar-refractivity contribution in [3.05, 3.63) is 0 Å². The summed E-state index contributed by atoms with van der Waals surface area (Å²) in [5.74, 6) is -4.92. The summed E-state index contributed by atoms with van der Waals surface area (Å²) in [4.78, 5) is 11.0. The standard InChI is InChI=1S/C8H10F2O2/c1-12-7(11)5-2-4-3-6(5)8(4,9)10/h4-6H,2-3H2,1H3. The van der Waals surface area contributed by atoms with Gasteiger partial charge in [0.2, 0.25) is 0 Å². The predicted molar refractivity (Wildman–Crippen MR) is 36.7 cm³/mol. The number of carbonyl (C=O) groups is 1. The van der Waals surface area contributed by atoms with Crippen molar-refractivity contribution in [2.45, 2.75) is 18.8 Å². The van der Waals surface area contributed by atoms with Crippen LogP contribution in [0.1, 0.15) is 12.8 Å². The van der Waals surface area contributed by atoms with Crippen LogP contribution in [0, 0.1) is 17.8 Å². The number of esters is 1. The Balaban J connectivity index is 2.11. The monoisotopic (exact) mass is 176 g/mol. The number of methoxy groups -OCH3 is 1. The largest absolute Gasteiger partial charge is 0.469 e. The first kappa shape index (κ1) is 7.95. The molecule has 3 atom stereocenters. The normalized spacial score (nSPS) is 42.1. The van der Waals surface area contributed by atoms with E-state index < -0.39 is 29.6 Å².